The Hall–Kier alpha value is -1.75. The number of nitrogens with one attached hydrogen (secondary N) is 2. The number of H-pyrrole nitrogens is 2. The summed E-state index contributed by atoms with van der Waals surface area (Å²) in [6.45, 7) is 2.13. The lowest BCUT2D eigenvalue weighted by Crippen LogP contribution is -2.08. The number of nitrogens with zero attached hydrogens (tertiary/aromatic N) is 1. The average molecular weight is 261 g/mol. The van der Waals surface area contributed by atoms with Gasteiger partial charge in [0.15, 0.2) is 4.77 Å². The second-order valence-corrected chi connectivity index (χ2v) is 4.51. The van der Waals surface area contributed by atoms with E-state index in [1.165, 1.54) is 0 Å². The zero-order valence-electron chi connectivity index (χ0n) is 10.2. The van der Waals surface area contributed by atoms with E-state index < -0.39 is 0 Å². The number of unbranched alkanes of at least 4 members (excludes halogenated alkanes) is 1. The third-order valence-electron chi connectivity index (χ3n) is 2.75. The number of hydrogen-bond donors (Lipinski definition) is 2. The van der Waals surface area contributed by atoms with Crippen molar-refractivity contribution in [3.63, 3.8) is 0 Å². The van der Waals surface area contributed by atoms with Gasteiger partial charge in [-0.05, 0) is 36.7 Å². The van der Waals surface area contributed by atoms with Gasteiger partial charge in [-0.15, -0.1) is 0 Å². The molecule has 0 saturated heterocycles. The van der Waals surface area contributed by atoms with E-state index in [0.717, 1.165) is 24.8 Å². The number of hydrogen-bond acceptors (Lipinski definition) is 3. The van der Waals surface area contributed by atoms with Crippen molar-refractivity contribution in [2.75, 3.05) is 0 Å². The topological polar surface area (TPSA) is 61.5 Å². The van der Waals surface area contributed by atoms with Crippen LogP contribution in [0, 0.1) is 4.77 Å². The van der Waals surface area contributed by atoms with E-state index in [9.17, 15) is 4.79 Å². The Balaban J connectivity index is 2.32. The van der Waals surface area contributed by atoms with Gasteiger partial charge in [-0.1, -0.05) is 19.4 Å². The molecule has 0 amide bonds. The van der Waals surface area contributed by atoms with Gasteiger partial charge in [-0.25, -0.2) is 0 Å². The number of aryl methyl sites for hydroxylation is 1. The summed E-state index contributed by atoms with van der Waals surface area (Å²) in [5.74, 6) is -0.117. The Kier molecular flexibility index (Phi) is 4.04. The highest BCUT2D eigenvalue weighted by Gasteiger charge is 2.15. The van der Waals surface area contributed by atoms with Gasteiger partial charge in [0.05, 0.1) is 0 Å². The molecule has 0 aliphatic carbocycles. The molecule has 0 bridgehead atoms. The van der Waals surface area contributed by atoms with Gasteiger partial charge in [0.1, 0.15) is 11.4 Å². The second-order valence-electron chi connectivity index (χ2n) is 4.10. The Morgan fingerprint density at radius 1 is 1.50 bits per heavy atom. The first-order chi connectivity index (χ1) is 8.72. The molecule has 2 aromatic rings. The lowest BCUT2D eigenvalue weighted by Gasteiger charge is -2.05. The molecule has 0 fully saturated rings. The molecular weight excluding hydrogens is 246 g/mol. The summed E-state index contributed by atoms with van der Waals surface area (Å²) in [6, 6.07) is 3.82. The van der Waals surface area contributed by atoms with Gasteiger partial charge >= 0.3 is 0 Å². The van der Waals surface area contributed by atoms with Crippen molar-refractivity contribution < 1.29 is 4.79 Å². The normalized spacial score (nSPS) is 10.5. The predicted octanol–water partition coefficient (Wildman–Crippen LogP) is 3.04. The zero-order valence-corrected chi connectivity index (χ0v) is 11.0. The third kappa shape index (κ3) is 2.73. The number of imidazole rings is 1. The highest BCUT2D eigenvalue weighted by Crippen LogP contribution is 2.13. The summed E-state index contributed by atoms with van der Waals surface area (Å²) >= 11 is 4.92. The maximum absolute atomic E-state index is 12.3. The van der Waals surface area contributed by atoms with Crippen molar-refractivity contribution in [3.8, 4) is 0 Å². The van der Waals surface area contributed by atoms with Gasteiger partial charge in [0, 0.05) is 12.4 Å². The number of pyridine rings is 1. The lowest BCUT2D eigenvalue weighted by atomic mass is 10.0. The van der Waals surface area contributed by atoms with Crippen LogP contribution in [0.4, 0.5) is 0 Å². The number of aromatic nitrogens is 3. The Labute approximate surface area is 110 Å². The van der Waals surface area contributed by atoms with Crippen LogP contribution in [-0.2, 0) is 6.42 Å². The summed E-state index contributed by atoms with van der Waals surface area (Å²) in [7, 11) is 0. The van der Waals surface area contributed by atoms with Crippen LogP contribution in [0.1, 0.15) is 41.5 Å². The number of carbonyl (C=O) groups excluding carboxylic acids is 1. The van der Waals surface area contributed by atoms with Crippen molar-refractivity contribution in [2.24, 2.45) is 0 Å². The van der Waals surface area contributed by atoms with Crippen molar-refractivity contribution >= 4 is 18.0 Å². The van der Waals surface area contributed by atoms with Crippen LogP contribution >= 0.6 is 12.2 Å². The van der Waals surface area contributed by atoms with E-state index in [0.29, 0.717) is 16.2 Å². The number of carbonyl (C=O) groups is 1. The van der Waals surface area contributed by atoms with E-state index in [1.807, 2.05) is 12.1 Å². The summed E-state index contributed by atoms with van der Waals surface area (Å²) in [5, 5.41) is 0. The molecule has 5 heteroatoms. The largest absolute Gasteiger partial charge is 0.337 e. The quantitative estimate of drug-likeness (QED) is 0.642. The standard InChI is InChI=1S/C13H15N3OS/c1-2-3-5-9-6-4-7-14-11(9)12(17)10-8-15-13(18)16-10/h4,6-8H,2-3,5H2,1H3,(H2,15,16,18). The van der Waals surface area contributed by atoms with Crippen molar-refractivity contribution in [1.29, 1.82) is 0 Å². The molecule has 4 nitrogen and oxygen atoms in total. The van der Waals surface area contributed by atoms with Crippen LogP contribution in [0.15, 0.2) is 24.5 Å². The van der Waals surface area contributed by atoms with Gasteiger partial charge in [-0.2, -0.15) is 0 Å². The molecule has 0 aliphatic heterocycles. The smallest absolute Gasteiger partial charge is 0.229 e. The van der Waals surface area contributed by atoms with E-state index in [4.69, 9.17) is 12.2 Å². The predicted molar refractivity (Wildman–Crippen MR) is 72.3 cm³/mol. The first-order valence-electron chi connectivity index (χ1n) is 5.98. The highest BCUT2D eigenvalue weighted by molar-refractivity contribution is 7.71. The molecule has 2 rings (SSSR count). The van der Waals surface area contributed by atoms with Crippen molar-refractivity contribution in [2.45, 2.75) is 26.2 Å². The van der Waals surface area contributed by atoms with Crippen LogP contribution in [0.3, 0.4) is 0 Å². The van der Waals surface area contributed by atoms with Crippen LogP contribution < -0.4 is 0 Å². The average Bonchev–Trinajstić information content (AvgIpc) is 2.82. The summed E-state index contributed by atoms with van der Waals surface area (Å²) in [4.78, 5) is 22.1. The molecule has 2 heterocycles. The van der Waals surface area contributed by atoms with Crippen molar-refractivity contribution in [3.05, 3.63) is 46.2 Å². The Morgan fingerprint density at radius 2 is 2.33 bits per heavy atom. The van der Waals surface area contributed by atoms with Gasteiger partial charge in [-0.3, -0.25) is 9.78 Å². The minimum atomic E-state index is -0.117. The van der Waals surface area contributed by atoms with Crippen LogP contribution in [0.2, 0.25) is 0 Å². The molecule has 0 unspecified atom stereocenters. The van der Waals surface area contributed by atoms with Crippen LogP contribution in [0.25, 0.3) is 0 Å². The maximum atomic E-state index is 12.3. The monoisotopic (exact) mass is 261 g/mol. The summed E-state index contributed by atoms with van der Waals surface area (Å²) in [5.41, 5.74) is 1.96. The fourth-order valence-electron chi connectivity index (χ4n) is 1.79. The van der Waals surface area contributed by atoms with Crippen LogP contribution in [0.5, 0.6) is 0 Å². The van der Waals surface area contributed by atoms with Gasteiger partial charge in [0.25, 0.3) is 0 Å². The molecule has 0 aliphatic rings. The lowest BCUT2D eigenvalue weighted by molar-refractivity contribution is 0.102. The zero-order chi connectivity index (χ0) is 13.0. The minimum absolute atomic E-state index is 0.117. The molecule has 0 atom stereocenters. The molecule has 18 heavy (non-hydrogen) atoms. The van der Waals surface area contributed by atoms with E-state index in [1.54, 1.807) is 12.4 Å². The molecule has 0 spiro atoms. The molecule has 94 valence electrons. The number of ketones is 1. The van der Waals surface area contributed by atoms with E-state index in [-0.39, 0.29) is 5.78 Å². The van der Waals surface area contributed by atoms with E-state index >= 15 is 0 Å². The summed E-state index contributed by atoms with van der Waals surface area (Å²) in [6.07, 6.45) is 6.24. The summed E-state index contributed by atoms with van der Waals surface area (Å²) < 4.78 is 0.449. The maximum Gasteiger partial charge on any atom is 0.229 e. The van der Waals surface area contributed by atoms with Crippen LogP contribution in [-0.4, -0.2) is 20.7 Å². The molecule has 2 N–H and O–H groups in total. The molecule has 0 radical (unpaired) electrons. The fourth-order valence-corrected chi connectivity index (χ4v) is 1.96. The van der Waals surface area contributed by atoms with Gasteiger partial charge in [0.2, 0.25) is 5.78 Å². The number of aromatic amines is 2. The second kappa shape index (κ2) is 5.73. The first-order valence-corrected chi connectivity index (χ1v) is 6.39. The fraction of sp³-hybridized carbons (Fsp3) is 0.308. The first kappa shape index (κ1) is 12.7. The SMILES string of the molecule is CCCCc1cccnc1C(=O)c1c[nH]c(=S)[nH]1. The van der Waals surface area contributed by atoms with Crippen molar-refractivity contribution in [1.82, 2.24) is 15.0 Å². The molecular formula is C13H15N3OS. The Morgan fingerprint density at radius 3 is 3.00 bits per heavy atom. The molecule has 0 aromatic carbocycles. The highest BCUT2D eigenvalue weighted by atomic mass is 32.1. The van der Waals surface area contributed by atoms with Gasteiger partial charge < -0.3 is 9.97 Å². The minimum Gasteiger partial charge on any atom is -0.337 e. The third-order valence-corrected chi connectivity index (χ3v) is 2.97. The Bertz CT molecular complexity index is 600. The number of rotatable bonds is 5. The molecule has 2 aromatic heterocycles. The van der Waals surface area contributed by atoms with E-state index in [2.05, 4.69) is 21.9 Å². The molecule has 0 saturated carbocycles.